The summed E-state index contributed by atoms with van der Waals surface area (Å²) < 4.78 is 11.9. The molecule has 0 fully saturated rings. The molecule has 0 aliphatic rings. The number of methoxy groups -OCH3 is 2. The van der Waals surface area contributed by atoms with Crippen LogP contribution in [0.1, 0.15) is 6.92 Å². The summed E-state index contributed by atoms with van der Waals surface area (Å²) in [7, 11) is 3.20. The number of hydrogen-bond acceptors (Lipinski definition) is 4. The maximum atomic E-state index is 11.7. The Kier molecular flexibility index (Phi) is 7.32. The molecule has 1 atom stereocenters. The third-order valence-electron chi connectivity index (χ3n) is 2.50. The van der Waals surface area contributed by atoms with E-state index in [9.17, 15) is 4.79 Å². The quantitative estimate of drug-likeness (QED) is 0.726. The molecule has 1 unspecified atom stereocenters. The number of carbonyl (C=O) groups is 1. The zero-order chi connectivity index (χ0) is 15.1. The van der Waals surface area contributed by atoms with Gasteiger partial charge in [0.1, 0.15) is 5.75 Å². The number of amides is 1. The molecule has 7 heteroatoms. The number of halogens is 2. The fourth-order valence-electron chi connectivity index (χ4n) is 1.61. The van der Waals surface area contributed by atoms with Crippen molar-refractivity contribution in [2.45, 2.75) is 13.0 Å². The Morgan fingerprint density at radius 1 is 1.30 bits per heavy atom. The summed E-state index contributed by atoms with van der Waals surface area (Å²) >= 11 is 6.83. The van der Waals surface area contributed by atoms with Gasteiger partial charge in [0.05, 0.1) is 30.4 Å². The van der Waals surface area contributed by atoms with Crippen LogP contribution < -0.4 is 15.4 Å². The third kappa shape index (κ3) is 5.30. The average molecular weight is 410 g/mol. The molecule has 0 saturated heterocycles. The predicted molar refractivity (Wildman–Crippen MR) is 86.4 cm³/mol. The second kappa shape index (κ2) is 8.49. The molecule has 1 aromatic rings. The van der Waals surface area contributed by atoms with Crippen LogP contribution in [0.25, 0.3) is 0 Å². The highest BCUT2D eigenvalue weighted by Gasteiger charge is 2.10. The molecule has 0 aromatic heterocycles. The molecule has 2 N–H and O–H groups in total. The van der Waals surface area contributed by atoms with Crippen molar-refractivity contribution in [3.8, 4) is 5.75 Å². The molecule has 5 nitrogen and oxygen atoms in total. The van der Waals surface area contributed by atoms with Gasteiger partial charge in [0.25, 0.3) is 0 Å². The third-order valence-corrected chi connectivity index (χ3v) is 3.78. The lowest BCUT2D eigenvalue weighted by molar-refractivity contribution is -0.120. The average Bonchev–Trinajstić information content (AvgIpc) is 2.38. The first kappa shape index (κ1) is 17.3. The van der Waals surface area contributed by atoms with Crippen LogP contribution >= 0.6 is 31.9 Å². The van der Waals surface area contributed by atoms with E-state index < -0.39 is 0 Å². The minimum Gasteiger partial charge on any atom is -0.495 e. The smallest absolute Gasteiger partial charge is 0.239 e. The fraction of sp³-hybridized carbons (Fsp3) is 0.462. The van der Waals surface area contributed by atoms with E-state index in [0.717, 1.165) is 14.6 Å². The van der Waals surface area contributed by atoms with Crippen molar-refractivity contribution in [3.05, 3.63) is 21.1 Å². The fourth-order valence-corrected chi connectivity index (χ4v) is 2.91. The van der Waals surface area contributed by atoms with Crippen molar-refractivity contribution >= 4 is 43.5 Å². The van der Waals surface area contributed by atoms with Gasteiger partial charge in [-0.25, -0.2) is 0 Å². The Morgan fingerprint density at radius 2 is 2.00 bits per heavy atom. The van der Waals surface area contributed by atoms with Gasteiger partial charge in [0, 0.05) is 23.7 Å². The standard InChI is InChI=1S/C13H18Br2N2O3/c1-8(7-19-2)17-13(18)6-16-11-5-12(20-3)10(15)4-9(11)14/h4-5,8,16H,6-7H2,1-3H3,(H,17,18). The van der Waals surface area contributed by atoms with E-state index in [0.29, 0.717) is 12.4 Å². The Morgan fingerprint density at radius 3 is 2.60 bits per heavy atom. The molecule has 112 valence electrons. The lowest BCUT2D eigenvalue weighted by Gasteiger charge is -2.15. The summed E-state index contributed by atoms with van der Waals surface area (Å²) in [6, 6.07) is 3.67. The first-order valence-corrected chi connectivity index (χ1v) is 7.61. The lowest BCUT2D eigenvalue weighted by atomic mass is 10.3. The summed E-state index contributed by atoms with van der Waals surface area (Å²) in [6.45, 7) is 2.55. The van der Waals surface area contributed by atoms with E-state index in [1.165, 1.54) is 0 Å². The second-order valence-corrected chi connectivity index (χ2v) is 5.95. The summed E-state index contributed by atoms with van der Waals surface area (Å²) in [5, 5.41) is 5.89. The molecule has 0 aliphatic heterocycles. The van der Waals surface area contributed by atoms with Gasteiger partial charge >= 0.3 is 0 Å². The van der Waals surface area contributed by atoms with E-state index in [1.54, 1.807) is 14.2 Å². The minimum absolute atomic E-state index is 0.0165. The summed E-state index contributed by atoms with van der Waals surface area (Å²) in [5.41, 5.74) is 0.791. The van der Waals surface area contributed by atoms with Crippen LogP contribution in [-0.2, 0) is 9.53 Å². The number of benzene rings is 1. The summed E-state index contributed by atoms with van der Waals surface area (Å²) in [4.78, 5) is 11.7. The maximum Gasteiger partial charge on any atom is 0.239 e. The van der Waals surface area contributed by atoms with Gasteiger partial charge in [-0.1, -0.05) is 0 Å². The summed E-state index contributed by atoms with van der Waals surface area (Å²) in [6.07, 6.45) is 0. The van der Waals surface area contributed by atoms with Crippen molar-refractivity contribution in [2.24, 2.45) is 0 Å². The van der Waals surface area contributed by atoms with Gasteiger partial charge in [-0.15, -0.1) is 0 Å². The zero-order valence-electron chi connectivity index (χ0n) is 11.6. The summed E-state index contributed by atoms with van der Waals surface area (Å²) in [5.74, 6) is 0.604. The molecule has 1 amide bonds. The number of hydrogen-bond donors (Lipinski definition) is 2. The normalized spacial score (nSPS) is 11.8. The maximum absolute atomic E-state index is 11.7. The van der Waals surface area contributed by atoms with Crippen molar-refractivity contribution in [1.29, 1.82) is 0 Å². The molecule has 1 rings (SSSR count). The van der Waals surface area contributed by atoms with Gasteiger partial charge in [-0.05, 0) is 44.8 Å². The molecule has 0 saturated carbocycles. The molecule has 20 heavy (non-hydrogen) atoms. The van der Waals surface area contributed by atoms with Gasteiger partial charge in [0.2, 0.25) is 5.91 Å². The number of nitrogens with one attached hydrogen (secondary N) is 2. The number of rotatable bonds is 7. The Labute approximate surface area is 135 Å². The van der Waals surface area contributed by atoms with Crippen LogP contribution in [0.5, 0.6) is 5.75 Å². The largest absolute Gasteiger partial charge is 0.495 e. The number of ether oxygens (including phenoxy) is 2. The molecule has 0 radical (unpaired) electrons. The molecule has 0 aliphatic carbocycles. The highest BCUT2D eigenvalue weighted by Crippen LogP contribution is 2.34. The van der Waals surface area contributed by atoms with Crippen LogP contribution in [-0.4, -0.2) is 39.3 Å². The van der Waals surface area contributed by atoms with Gasteiger partial charge < -0.3 is 20.1 Å². The molecule has 0 spiro atoms. The second-order valence-electron chi connectivity index (χ2n) is 4.24. The van der Waals surface area contributed by atoms with Crippen LogP contribution in [0.4, 0.5) is 5.69 Å². The highest BCUT2D eigenvalue weighted by atomic mass is 79.9. The van der Waals surface area contributed by atoms with Crippen LogP contribution in [0.2, 0.25) is 0 Å². The Balaban J connectivity index is 2.59. The lowest BCUT2D eigenvalue weighted by Crippen LogP contribution is -2.39. The van der Waals surface area contributed by atoms with Crippen LogP contribution in [0.15, 0.2) is 21.1 Å². The number of carbonyl (C=O) groups excluding carboxylic acids is 1. The van der Waals surface area contributed by atoms with Crippen molar-refractivity contribution in [3.63, 3.8) is 0 Å². The van der Waals surface area contributed by atoms with Crippen molar-refractivity contribution in [2.75, 3.05) is 32.7 Å². The molecule has 0 heterocycles. The molecular weight excluding hydrogens is 392 g/mol. The van der Waals surface area contributed by atoms with Gasteiger partial charge in [0.15, 0.2) is 0 Å². The molecule has 0 bridgehead atoms. The van der Waals surface area contributed by atoms with Gasteiger partial charge in [-0.2, -0.15) is 0 Å². The zero-order valence-corrected chi connectivity index (χ0v) is 14.8. The first-order chi connectivity index (χ1) is 9.47. The van der Waals surface area contributed by atoms with Crippen molar-refractivity contribution < 1.29 is 14.3 Å². The minimum atomic E-state index is -0.0941. The molecular formula is C13H18Br2N2O3. The first-order valence-electron chi connectivity index (χ1n) is 6.03. The highest BCUT2D eigenvalue weighted by molar-refractivity contribution is 9.11. The Hall–Kier alpha value is -0.790. The van der Waals surface area contributed by atoms with Crippen LogP contribution in [0.3, 0.4) is 0 Å². The van der Waals surface area contributed by atoms with E-state index >= 15 is 0 Å². The van der Waals surface area contributed by atoms with Crippen molar-refractivity contribution in [1.82, 2.24) is 5.32 Å². The van der Waals surface area contributed by atoms with E-state index in [1.807, 2.05) is 19.1 Å². The van der Waals surface area contributed by atoms with E-state index in [2.05, 4.69) is 42.5 Å². The van der Waals surface area contributed by atoms with Gasteiger partial charge in [-0.3, -0.25) is 4.79 Å². The Bertz CT molecular complexity index is 469. The predicted octanol–water partition coefficient (Wildman–Crippen LogP) is 2.78. The van der Waals surface area contributed by atoms with E-state index in [-0.39, 0.29) is 18.5 Å². The topological polar surface area (TPSA) is 59.6 Å². The SMILES string of the molecule is COCC(C)NC(=O)CNc1cc(OC)c(Br)cc1Br. The van der Waals surface area contributed by atoms with Crippen LogP contribution in [0, 0.1) is 0 Å². The molecule has 1 aromatic carbocycles. The monoisotopic (exact) mass is 408 g/mol. The van der Waals surface area contributed by atoms with E-state index in [4.69, 9.17) is 9.47 Å². The number of anilines is 1.